The van der Waals surface area contributed by atoms with Gasteiger partial charge in [0.2, 0.25) is 5.91 Å². The quantitative estimate of drug-likeness (QED) is 0.667. The van der Waals surface area contributed by atoms with Gasteiger partial charge in [-0.3, -0.25) is 9.59 Å². The van der Waals surface area contributed by atoms with Crippen LogP contribution >= 0.6 is 0 Å². The number of methoxy groups -OCH3 is 1. The Labute approximate surface area is 182 Å². The Morgan fingerprint density at radius 1 is 0.968 bits per heavy atom. The Hall–Kier alpha value is -3.60. The number of nitrogens with zero attached hydrogens (tertiary/aromatic N) is 1. The van der Waals surface area contributed by atoms with E-state index in [1.54, 1.807) is 36.3 Å². The van der Waals surface area contributed by atoms with Crippen molar-refractivity contribution in [2.24, 2.45) is 0 Å². The van der Waals surface area contributed by atoms with Gasteiger partial charge in [0.25, 0.3) is 5.91 Å². The van der Waals surface area contributed by atoms with E-state index in [-0.39, 0.29) is 23.8 Å². The van der Waals surface area contributed by atoms with Crippen LogP contribution in [0.4, 0.5) is 5.69 Å². The fourth-order valence-electron chi connectivity index (χ4n) is 4.15. The van der Waals surface area contributed by atoms with Crippen LogP contribution in [0, 0.1) is 0 Å². The highest BCUT2D eigenvalue weighted by molar-refractivity contribution is 6.08. The van der Waals surface area contributed by atoms with Crippen molar-refractivity contribution >= 4 is 17.5 Å². The normalized spacial score (nSPS) is 17.5. The molecule has 0 aromatic heterocycles. The summed E-state index contributed by atoms with van der Waals surface area (Å²) >= 11 is 0. The molecule has 1 N–H and O–H groups in total. The Morgan fingerprint density at radius 2 is 1.65 bits per heavy atom. The summed E-state index contributed by atoms with van der Waals surface area (Å²) in [6.45, 7) is 2.48. The van der Waals surface area contributed by atoms with Crippen LogP contribution in [0.2, 0.25) is 0 Å². The van der Waals surface area contributed by atoms with E-state index in [1.165, 1.54) is 0 Å². The zero-order valence-corrected chi connectivity index (χ0v) is 17.7. The van der Waals surface area contributed by atoms with Crippen LogP contribution in [0.25, 0.3) is 0 Å². The van der Waals surface area contributed by atoms with E-state index >= 15 is 0 Å². The van der Waals surface area contributed by atoms with Crippen LogP contribution in [-0.2, 0) is 11.3 Å². The lowest BCUT2D eigenvalue weighted by molar-refractivity contribution is -0.123. The predicted octanol–water partition coefficient (Wildman–Crippen LogP) is 4.53. The fraction of sp³-hybridized carbons (Fsp3) is 0.231. The molecule has 0 saturated heterocycles. The molecule has 0 saturated carbocycles. The zero-order valence-electron chi connectivity index (χ0n) is 17.7. The van der Waals surface area contributed by atoms with E-state index in [4.69, 9.17) is 4.74 Å². The first kappa shape index (κ1) is 20.7. The summed E-state index contributed by atoms with van der Waals surface area (Å²) in [6, 6.07) is 24.6. The van der Waals surface area contributed by atoms with Gasteiger partial charge in [-0.2, -0.15) is 0 Å². The predicted molar refractivity (Wildman–Crippen MR) is 121 cm³/mol. The molecule has 0 radical (unpaired) electrons. The molecule has 31 heavy (non-hydrogen) atoms. The lowest BCUT2D eigenvalue weighted by atomic mass is 9.85. The van der Waals surface area contributed by atoms with E-state index in [0.29, 0.717) is 24.3 Å². The van der Waals surface area contributed by atoms with E-state index in [0.717, 1.165) is 16.8 Å². The van der Waals surface area contributed by atoms with Crippen LogP contribution in [0.3, 0.4) is 0 Å². The minimum atomic E-state index is -0.296. The Kier molecular flexibility index (Phi) is 6.03. The van der Waals surface area contributed by atoms with E-state index in [2.05, 4.69) is 5.32 Å². The van der Waals surface area contributed by atoms with Crippen molar-refractivity contribution in [2.75, 3.05) is 12.0 Å². The largest absolute Gasteiger partial charge is 0.497 e. The topological polar surface area (TPSA) is 58.6 Å². The van der Waals surface area contributed by atoms with Gasteiger partial charge in [0.1, 0.15) is 5.75 Å². The summed E-state index contributed by atoms with van der Waals surface area (Å²) in [4.78, 5) is 28.2. The van der Waals surface area contributed by atoms with Crippen molar-refractivity contribution in [1.82, 2.24) is 5.32 Å². The highest BCUT2D eigenvalue weighted by Gasteiger charge is 2.37. The molecule has 1 unspecified atom stereocenters. The summed E-state index contributed by atoms with van der Waals surface area (Å²) < 4.78 is 5.20. The highest BCUT2D eigenvalue weighted by Crippen LogP contribution is 2.39. The average Bonchev–Trinajstić information content (AvgIpc) is 2.82. The maximum atomic E-state index is 13.3. The number of hydrogen-bond donors (Lipinski definition) is 1. The van der Waals surface area contributed by atoms with Crippen molar-refractivity contribution < 1.29 is 14.3 Å². The fourth-order valence-corrected chi connectivity index (χ4v) is 4.15. The number of amides is 2. The zero-order chi connectivity index (χ0) is 21.8. The van der Waals surface area contributed by atoms with Crippen molar-refractivity contribution in [3.8, 4) is 5.75 Å². The molecule has 1 heterocycles. The van der Waals surface area contributed by atoms with Gasteiger partial charge in [0.15, 0.2) is 0 Å². The molecule has 3 aromatic rings. The molecule has 0 bridgehead atoms. The summed E-state index contributed by atoms with van der Waals surface area (Å²) in [6.07, 6.45) is 0.569. The molecule has 158 valence electrons. The van der Waals surface area contributed by atoms with Crippen LogP contribution in [0.5, 0.6) is 5.75 Å². The molecule has 0 spiro atoms. The monoisotopic (exact) mass is 414 g/mol. The molecule has 5 nitrogen and oxygen atoms in total. The third kappa shape index (κ3) is 4.31. The number of ether oxygens (including phenoxy) is 1. The van der Waals surface area contributed by atoms with Crippen LogP contribution in [-0.4, -0.2) is 25.0 Å². The van der Waals surface area contributed by atoms with E-state index in [1.807, 2.05) is 61.5 Å². The Balaban J connectivity index is 1.58. The molecule has 1 aliphatic rings. The van der Waals surface area contributed by atoms with Gasteiger partial charge < -0.3 is 15.0 Å². The number of benzene rings is 3. The summed E-state index contributed by atoms with van der Waals surface area (Å²) in [5.74, 6) is 0.319. The summed E-state index contributed by atoms with van der Waals surface area (Å²) in [7, 11) is 1.60. The number of anilines is 1. The van der Waals surface area contributed by atoms with Crippen molar-refractivity contribution in [3.05, 3.63) is 95.6 Å². The first-order valence-corrected chi connectivity index (χ1v) is 10.5. The second-order valence-electron chi connectivity index (χ2n) is 7.80. The number of hydrogen-bond acceptors (Lipinski definition) is 3. The van der Waals surface area contributed by atoms with Gasteiger partial charge in [-0.05, 0) is 54.8 Å². The van der Waals surface area contributed by atoms with Crippen molar-refractivity contribution in [1.29, 1.82) is 0 Å². The molecule has 5 heteroatoms. The third-order valence-corrected chi connectivity index (χ3v) is 5.77. The molecule has 0 fully saturated rings. The summed E-state index contributed by atoms with van der Waals surface area (Å²) in [5.41, 5.74) is 3.33. The van der Waals surface area contributed by atoms with Crippen LogP contribution < -0.4 is 15.0 Å². The van der Waals surface area contributed by atoms with E-state index < -0.39 is 0 Å². The minimum absolute atomic E-state index is 0.0142. The van der Waals surface area contributed by atoms with Crippen molar-refractivity contribution in [3.63, 3.8) is 0 Å². The number of carbonyl (C=O) groups is 2. The first-order valence-electron chi connectivity index (χ1n) is 10.5. The highest BCUT2D eigenvalue weighted by atomic mass is 16.5. The molecule has 1 aliphatic heterocycles. The van der Waals surface area contributed by atoms with Crippen LogP contribution in [0.15, 0.2) is 78.9 Å². The second kappa shape index (κ2) is 9.04. The lowest BCUT2D eigenvalue weighted by Crippen LogP contribution is -2.45. The SMILES string of the molecule is COc1ccc(C(=O)N2c3ccccc3C(C(=O)NCc3ccccc3)C[C@@H]2C)cc1. The average molecular weight is 415 g/mol. The van der Waals surface area contributed by atoms with Gasteiger partial charge in [-0.15, -0.1) is 0 Å². The maximum Gasteiger partial charge on any atom is 0.258 e. The Bertz CT molecular complexity index is 1060. The molecule has 2 amide bonds. The molecule has 4 rings (SSSR count). The van der Waals surface area contributed by atoms with Gasteiger partial charge in [-0.25, -0.2) is 0 Å². The third-order valence-electron chi connectivity index (χ3n) is 5.77. The van der Waals surface area contributed by atoms with Crippen molar-refractivity contribution in [2.45, 2.75) is 31.8 Å². The van der Waals surface area contributed by atoms with E-state index in [9.17, 15) is 9.59 Å². The van der Waals surface area contributed by atoms with Crippen LogP contribution in [0.1, 0.15) is 40.7 Å². The summed E-state index contributed by atoms with van der Waals surface area (Å²) in [5, 5.41) is 3.06. The number of rotatable bonds is 5. The number of para-hydroxylation sites is 1. The minimum Gasteiger partial charge on any atom is -0.497 e. The number of carbonyl (C=O) groups excluding carboxylic acids is 2. The smallest absolute Gasteiger partial charge is 0.258 e. The maximum absolute atomic E-state index is 13.3. The molecular weight excluding hydrogens is 388 g/mol. The van der Waals surface area contributed by atoms with Gasteiger partial charge in [0, 0.05) is 23.8 Å². The number of fused-ring (bicyclic) bond motifs is 1. The molecule has 2 atom stereocenters. The standard InChI is InChI=1S/C26H26N2O3/c1-18-16-23(25(29)27-17-19-8-4-3-5-9-19)22-10-6-7-11-24(22)28(18)26(30)20-12-14-21(31-2)15-13-20/h3-15,18,23H,16-17H2,1-2H3,(H,27,29)/t18-,23?/m0/s1. The molecular formula is C26H26N2O3. The van der Waals surface area contributed by atoms with Gasteiger partial charge in [0.05, 0.1) is 13.0 Å². The second-order valence-corrected chi connectivity index (χ2v) is 7.80. The molecule has 3 aromatic carbocycles. The van der Waals surface area contributed by atoms with Gasteiger partial charge >= 0.3 is 0 Å². The Morgan fingerprint density at radius 3 is 2.35 bits per heavy atom. The lowest BCUT2D eigenvalue weighted by Gasteiger charge is -2.39. The van der Waals surface area contributed by atoms with Gasteiger partial charge in [-0.1, -0.05) is 48.5 Å². The number of nitrogens with one attached hydrogen (secondary N) is 1. The molecule has 0 aliphatic carbocycles. The first-order chi connectivity index (χ1) is 15.1.